The van der Waals surface area contributed by atoms with E-state index in [9.17, 15) is 19.5 Å². The number of β-lactam (4-membered cyclic amide) rings is 1. The second-order valence-corrected chi connectivity index (χ2v) is 7.71. The maximum absolute atomic E-state index is 12.2. The van der Waals surface area contributed by atoms with Crippen LogP contribution in [0, 0.1) is 6.92 Å². The first kappa shape index (κ1) is 15.0. The molecule has 3 atom stereocenters. The van der Waals surface area contributed by atoms with Crippen molar-refractivity contribution >= 4 is 29.5 Å². The van der Waals surface area contributed by atoms with E-state index in [1.165, 1.54) is 29.0 Å². The smallest absolute Gasteiger partial charge is 0.327 e. The first-order valence-corrected chi connectivity index (χ1v) is 7.70. The van der Waals surface area contributed by atoms with Crippen LogP contribution in [0.25, 0.3) is 0 Å². The molecule has 2 aliphatic heterocycles. The second kappa shape index (κ2) is 4.77. The van der Waals surface area contributed by atoms with Gasteiger partial charge in [0.1, 0.15) is 23.2 Å². The predicted molar refractivity (Wildman–Crippen MR) is 78.4 cm³/mol. The van der Waals surface area contributed by atoms with Crippen molar-refractivity contribution in [2.24, 2.45) is 0 Å². The number of carbonyl (C=O) groups is 3. The predicted octanol–water partition coefficient (Wildman–Crippen LogP) is 0.833. The number of hydrogen-bond donors (Lipinski definition) is 2. The highest BCUT2D eigenvalue weighted by atomic mass is 32.2. The number of hydrogen-bond acceptors (Lipinski definition) is 5. The molecule has 3 heterocycles. The molecule has 8 heteroatoms. The van der Waals surface area contributed by atoms with Crippen LogP contribution < -0.4 is 5.32 Å². The van der Waals surface area contributed by atoms with Crippen LogP contribution in [-0.4, -0.2) is 50.0 Å². The van der Waals surface area contributed by atoms with Gasteiger partial charge in [0.15, 0.2) is 0 Å². The molecule has 2 N–H and O–H groups in total. The van der Waals surface area contributed by atoms with Crippen LogP contribution in [0.5, 0.6) is 0 Å². The fourth-order valence-corrected chi connectivity index (χ4v) is 4.61. The molecule has 0 unspecified atom stereocenters. The Kier molecular flexibility index (Phi) is 3.24. The van der Waals surface area contributed by atoms with Crippen LogP contribution >= 0.6 is 11.8 Å². The highest BCUT2D eigenvalue weighted by Crippen LogP contribution is 2.50. The van der Waals surface area contributed by atoms with Crippen molar-refractivity contribution < 1.29 is 23.9 Å². The molecule has 0 aliphatic carbocycles. The maximum atomic E-state index is 12.2. The highest BCUT2D eigenvalue weighted by molar-refractivity contribution is 8.01. The molecule has 2 aliphatic rings. The SMILES string of the molecule is Cc1occc1C(=O)N[C@@H]1C(=O)N2[C@@H](C(=O)O)C(C)(C)S[C@@H]12. The van der Waals surface area contributed by atoms with Crippen molar-refractivity contribution in [3.05, 3.63) is 23.7 Å². The Hall–Kier alpha value is -1.96. The largest absolute Gasteiger partial charge is 0.480 e. The van der Waals surface area contributed by atoms with E-state index in [0.29, 0.717) is 11.3 Å². The number of carbonyl (C=O) groups excluding carboxylic acids is 2. The molecule has 2 saturated heterocycles. The molecule has 3 rings (SSSR count). The van der Waals surface area contributed by atoms with Crippen LogP contribution in [0.1, 0.15) is 30.0 Å². The monoisotopic (exact) mass is 324 g/mol. The van der Waals surface area contributed by atoms with Crippen molar-refractivity contribution in [3.63, 3.8) is 0 Å². The zero-order chi connectivity index (χ0) is 16.2. The minimum atomic E-state index is -1.02. The van der Waals surface area contributed by atoms with Crippen molar-refractivity contribution in [2.75, 3.05) is 0 Å². The maximum Gasteiger partial charge on any atom is 0.327 e. The molecule has 0 spiro atoms. The van der Waals surface area contributed by atoms with E-state index >= 15 is 0 Å². The van der Waals surface area contributed by atoms with Gasteiger partial charge in [0.05, 0.1) is 11.8 Å². The third-order valence-electron chi connectivity index (χ3n) is 4.06. The van der Waals surface area contributed by atoms with Gasteiger partial charge in [-0.25, -0.2) is 4.79 Å². The van der Waals surface area contributed by atoms with Gasteiger partial charge >= 0.3 is 5.97 Å². The Balaban J connectivity index is 1.77. The van der Waals surface area contributed by atoms with E-state index in [1.807, 2.05) is 0 Å². The number of thioether (sulfide) groups is 1. The first-order valence-electron chi connectivity index (χ1n) is 6.82. The fourth-order valence-electron chi connectivity index (χ4n) is 2.98. The Morgan fingerprint density at radius 1 is 1.45 bits per heavy atom. The van der Waals surface area contributed by atoms with Gasteiger partial charge in [-0.2, -0.15) is 0 Å². The number of carboxylic acids is 1. The molecular weight excluding hydrogens is 308 g/mol. The summed E-state index contributed by atoms with van der Waals surface area (Å²) in [5.74, 6) is -1.29. The average Bonchev–Trinajstić information content (AvgIpc) is 2.95. The van der Waals surface area contributed by atoms with Crippen LogP contribution in [0.2, 0.25) is 0 Å². The fraction of sp³-hybridized carbons (Fsp3) is 0.500. The number of nitrogens with zero attached hydrogens (tertiary/aromatic N) is 1. The Morgan fingerprint density at radius 2 is 2.14 bits per heavy atom. The molecular formula is C14H16N2O5S. The molecule has 1 aromatic rings. The van der Waals surface area contributed by atoms with E-state index in [2.05, 4.69) is 5.32 Å². The number of furan rings is 1. The molecule has 0 bridgehead atoms. The average molecular weight is 324 g/mol. The third-order valence-corrected chi connectivity index (χ3v) is 5.64. The summed E-state index contributed by atoms with van der Waals surface area (Å²) in [4.78, 5) is 37.2. The van der Waals surface area contributed by atoms with Crippen LogP contribution in [0.15, 0.2) is 16.7 Å². The second-order valence-electron chi connectivity index (χ2n) is 5.94. The normalized spacial score (nSPS) is 29.0. The Morgan fingerprint density at radius 3 is 2.68 bits per heavy atom. The number of aliphatic carboxylic acids is 1. The number of fused-ring (bicyclic) bond motifs is 1. The van der Waals surface area contributed by atoms with Crippen molar-refractivity contribution in [2.45, 2.75) is 43.0 Å². The summed E-state index contributed by atoms with van der Waals surface area (Å²) >= 11 is 1.40. The minimum Gasteiger partial charge on any atom is -0.480 e. The van der Waals surface area contributed by atoms with Gasteiger partial charge < -0.3 is 19.7 Å². The van der Waals surface area contributed by atoms with E-state index in [4.69, 9.17) is 4.42 Å². The van der Waals surface area contributed by atoms with Crippen molar-refractivity contribution in [1.29, 1.82) is 0 Å². The number of aryl methyl sites for hydroxylation is 1. The molecule has 0 aromatic carbocycles. The summed E-state index contributed by atoms with van der Waals surface area (Å²) in [7, 11) is 0. The molecule has 22 heavy (non-hydrogen) atoms. The summed E-state index contributed by atoms with van der Waals surface area (Å²) in [6.07, 6.45) is 1.41. The lowest BCUT2D eigenvalue weighted by Crippen LogP contribution is -2.70. The van der Waals surface area contributed by atoms with Gasteiger partial charge in [-0.05, 0) is 26.8 Å². The van der Waals surface area contributed by atoms with E-state index < -0.39 is 22.8 Å². The van der Waals surface area contributed by atoms with Gasteiger partial charge in [0.25, 0.3) is 5.91 Å². The van der Waals surface area contributed by atoms with Gasteiger partial charge in [0.2, 0.25) is 5.91 Å². The van der Waals surface area contributed by atoms with Crippen molar-refractivity contribution in [1.82, 2.24) is 10.2 Å². The molecule has 2 amide bonds. The van der Waals surface area contributed by atoms with Gasteiger partial charge in [-0.3, -0.25) is 9.59 Å². The topological polar surface area (TPSA) is 99.9 Å². The lowest BCUT2D eigenvalue weighted by atomic mass is 9.96. The highest BCUT2D eigenvalue weighted by Gasteiger charge is 2.64. The Bertz CT molecular complexity index is 668. The lowest BCUT2D eigenvalue weighted by molar-refractivity contribution is -0.159. The number of rotatable bonds is 3. The summed E-state index contributed by atoms with van der Waals surface area (Å²) in [5.41, 5.74) is 0.378. The van der Waals surface area contributed by atoms with Gasteiger partial charge in [-0.15, -0.1) is 11.8 Å². The van der Waals surface area contributed by atoms with E-state index in [0.717, 1.165) is 0 Å². The minimum absolute atomic E-state index is 0.347. The number of amides is 2. The van der Waals surface area contributed by atoms with Crippen LogP contribution in [0.4, 0.5) is 0 Å². The standard InChI is InChI=1S/C14H16N2O5S/c1-6-7(4-5-21-6)10(17)15-8-11(18)16-9(13(19)20)14(2,3)22-12(8)16/h4-5,8-9,12H,1-3H3,(H,15,17)(H,19,20)/t8-,9+,12+/m1/s1. The lowest BCUT2D eigenvalue weighted by Gasteiger charge is -2.43. The summed E-state index contributed by atoms with van der Waals surface area (Å²) in [6, 6.07) is -0.0357. The molecule has 0 radical (unpaired) electrons. The van der Waals surface area contributed by atoms with E-state index in [-0.39, 0.29) is 17.2 Å². The van der Waals surface area contributed by atoms with Crippen molar-refractivity contribution in [3.8, 4) is 0 Å². The van der Waals surface area contributed by atoms with Crippen LogP contribution in [0.3, 0.4) is 0 Å². The quantitative estimate of drug-likeness (QED) is 0.799. The molecule has 2 fully saturated rings. The summed E-state index contributed by atoms with van der Waals surface area (Å²) in [5, 5.41) is 11.7. The molecule has 0 saturated carbocycles. The zero-order valence-corrected chi connectivity index (χ0v) is 13.1. The molecule has 118 valence electrons. The molecule has 1 aromatic heterocycles. The number of nitrogens with one attached hydrogen (secondary N) is 1. The number of carboxylic acid groups (broad SMARTS) is 1. The molecule has 7 nitrogen and oxygen atoms in total. The van der Waals surface area contributed by atoms with Gasteiger partial charge in [0, 0.05) is 4.75 Å². The van der Waals surface area contributed by atoms with Gasteiger partial charge in [-0.1, -0.05) is 0 Å². The zero-order valence-electron chi connectivity index (χ0n) is 12.3. The Labute approximate surface area is 131 Å². The third kappa shape index (κ3) is 2.01. The van der Waals surface area contributed by atoms with E-state index in [1.54, 1.807) is 20.8 Å². The summed E-state index contributed by atoms with van der Waals surface area (Å²) in [6.45, 7) is 5.25. The first-order chi connectivity index (χ1) is 10.2. The summed E-state index contributed by atoms with van der Waals surface area (Å²) < 4.78 is 4.47. The van der Waals surface area contributed by atoms with Crippen LogP contribution in [-0.2, 0) is 9.59 Å².